The molecule has 0 aliphatic carbocycles. The summed E-state index contributed by atoms with van der Waals surface area (Å²) in [7, 11) is 0. The fourth-order valence-electron chi connectivity index (χ4n) is 3.19. The maximum absolute atomic E-state index is 11.9. The minimum atomic E-state index is -0.853. The average Bonchev–Trinajstić information content (AvgIpc) is 2.84. The average molecular weight is 272 g/mol. The summed E-state index contributed by atoms with van der Waals surface area (Å²) in [6.07, 6.45) is 2.93. The number of nitriles is 1. The molecule has 1 atom stereocenters. The molecule has 4 nitrogen and oxygen atoms in total. The van der Waals surface area contributed by atoms with Crippen LogP contribution in [0.4, 0.5) is 5.69 Å². The van der Waals surface area contributed by atoms with Gasteiger partial charge in [0.15, 0.2) is 0 Å². The first-order valence-electron chi connectivity index (χ1n) is 7.07. The van der Waals surface area contributed by atoms with E-state index in [1.54, 1.807) is 6.07 Å². The van der Waals surface area contributed by atoms with Crippen LogP contribution in [0.15, 0.2) is 18.2 Å². The molecule has 1 aliphatic heterocycles. The van der Waals surface area contributed by atoms with Gasteiger partial charge >= 0.3 is 5.97 Å². The largest absolute Gasteiger partial charge is 0.479 e. The number of carbonyl (C=O) groups is 1. The van der Waals surface area contributed by atoms with E-state index in [4.69, 9.17) is 0 Å². The number of hydrogen-bond donors (Lipinski definition) is 1. The van der Waals surface area contributed by atoms with Gasteiger partial charge in [-0.05, 0) is 43.9 Å². The molecule has 4 heteroatoms. The van der Waals surface area contributed by atoms with E-state index >= 15 is 0 Å². The highest BCUT2D eigenvalue weighted by Gasteiger charge is 2.47. The highest BCUT2D eigenvalue weighted by atomic mass is 16.4. The zero-order valence-corrected chi connectivity index (χ0v) is 12.0. The van der Waals surface area contributed by atoms with Gasteiger partial charge in [0.2, 0.25) is 0 Å². The molecule has 0 radical (unpaired) electrons. The SMILES string of the molecule is CCCC1(C(=O)O)CCCN1c1cc(C)ccc1C#N. The number of rotatable bonds is 4. The first-order valence-corrected chi connectivity index (χ1v) is 7.07. The predicted octanol–water partition coefficient (Wildman–Crippen LogP) is 3.09. The number of nitrogens with zero attached hydrogens (tertiary/aromatic N) is 2. The van der Waals surface area contributed by atoms with E-state index in [0.717, 1.165) is 24.1 Å². The van der Waals surface area contributed by atoms with Gasteiger partial charge in [0.25, 0.3) is 0 Å². The van der Waals surface area contributed by atoms with Gasteiger partial charge < -0.3 is 10.0 Å². The minimum Gasteiger partial charge on any atom is -0.479 e. The maximum Gasteiger partial charge on any atom is 0.329 e. The number of carboxylic acid groups (broad SMARTS) is 1. The highest BCUT2D eigenvalue weighted by Crippen LogP contribution is 2.39. The molecule has 0 spiro atoms. The number of aliphatic carboxylic acids is 1. The lowest BCUT2D eigenvalue weighted by Crippen LogP contribution is -2.51. The van der Waals surface area contributed by atoms with Gasteiger partial charge in [-0.2, -0.15) is 5.26 Å². The molecule has 0 bridgehead atoms. The second-order valence-corrected chi connectivity index (χ2v) is 5.47. The van der Waals surface area contributed by atoms with Gasteiger partial charge in [-0.25, -0.2) is 4.79 Å². The van der Waals surface area contributed by atoms with Crippen molar-refractivity contribution in [2.45, 2.75) is 45.1 Å². The Morgan fingerprint density at radius 1 is 1.55 bits per heavy atom. The Morgan fingerprint density at radius 3 is 2.90 bits per heavy atom. The molecular weight excluding hydrogens is 252 g/mol. The zero-order valence-electron chi connectivity index (χ0n) is 12.0. The standard InChI is InChI=1S/C16H20N2O2/c1-3-7-16(15(19)20)8-4-9-18(16)14-10-12(2)5-6-13(14)11-17/h5-6,10H,3-4,7-9H2,1-2H3,(H,19,20). The third-order valence-corrected chi connectivity index (χ3v) is 4.11. The fraction of sp³-hybridized carbons (Fsp3) is 0.500. The second kappa shape index (κ2) is 5.54. The molecule has 1 aliphatic rings. The molecule has 1 fully saturated rings. The highest BCUT2D eigenvalue weighted by molar-refractivity contribution is 5.85. The third-order valence-electron chi connectivity index (χ3n) is 4.11. The van der Waals surface area contributed by atoms with Crippen LogP contribution in [0.2, 0.25) is 0 Å². The van der Waals surface area contributed by atoms with Crippen molar-refractivity contribution >= 4 is 11.7 Å². The molecule has 1 saturated heterocycles. The number of hydrogen-bond acceptors (Lipinski definition) is 3. The van der Waals surface area contributed by atoms with Crippen LogP contribution >= 0.6 is 0 Å². The summed E-state index contributed by atoms with van der Waals surface area (Å²) in [6.45, 7) is 4.66. The van der Waals surface area contributed by atoms with Crippen LogP contribution in [0, 0.1) is 18.3 Å². The molecule has 20 heavy (non-hydrogen) atoms. The second-order valence-electron chi connectivity index (χ2n) is 5.47. The van der Waals surface area contributed by atoms with Gasteiger partial charge in [-0.15, -0.1) is 0 Å². The normalized spacial score (nSPS) is 21.8. The molecule has 1 aromatic rings. The summed E-state index contributed by atoms with van der Waals surface area (Å²) in [5.74, 6) is -0.776. The maximum atomic E-state index is 11.9. The van der Waals surface area contributed by atoms with Crippen molar-refractivity contribution in [1.82, 2.24) is 0 Å². The first kappa shape index (κ1) is 14.4. The van der Waals surface area contributed by atoms with Crippen LogP contribution in [0.25, 0.3) is 0 Å². The fourth-order valence-corrected chi connectivity index (χ4v) is 3.19. The first-order chi connectivity index (χ1) is 9.55. The van der Waals surface area contributed by atoms with Crippen LogP contribution < -0.4 is 4.90 Å². The Balaban J connectivity index is 2.53. The minimum absolute atomic E-state index is 0.555. The Morgan fingerprint density at radius 2 is 2.30 bits per heavy atom. The van der Waals surface area contributed by atoms with Crippen molar-refractivity contribution < 1.29 is 9.90 Å². The Hall–Kier alpha value is -2.02. The van der Waals surface area contributed by atoms with E-state index < -0.39 is 11.5 Å². The molecule has 0 aromatic heterocycles. The monoisotopic (exact) mass is 272 g/mol. The van der Waals surface area contributed by atoms with Crippen LogP contribution in [0.5, 0.6) is 0 Å². The van der Waals surface area contributed by atoms with Crippen LogP contribution in [0.1, 0.15) is 43.7 Å². The van der Waals surface area contributed by atoms with Gasteiger partial charge in [-0.3, -0.25) is 0 Å². The number of benzene rings is 1. The lowest BCUT2D eigenvalue weighted by atomic mass is 9.89. The summed E-state index contributed by atoms with van der Waals surface area (Å²) >= 11 is 0. The van der Waals surface area contributed by atoms with Crippen molar-refractivity contribution in [3.05, 3.63) is 29.3 Å². The lowest BCUT2D eigenvalue weighted by molar-refractivity contribution is -0.143. The van der Waals surface area contributed by atoms with Crippen LogP contribution in [-0.2, 0) is 4.79 Å². The Kier molecular flexibility index (Phi) is 3.99. The number of carboxylic acids is 1. The summed E-state index contributed by atoms with van der Waals surface area (Å²) in [5.41, 5.74) is 1.51. The van der Waals surface area contributed by atoms with E-state index in [2.05, 4.69) is 6.07 Å². The van der Waals surface area contributed by atoms with Crippen molar-refractivity contribution in [3.8, 4) is 6.07 Å². The topological polar surface area (TPSA) is 64.3 Å². The molecule has 1 N–H and O–H groups in total. The zero-order chi connectivity index (χ0) is 14.8. The Bertz CT molecular complexity index is 562. The molecule has 0 saturated carbocycles. The quantitative estimate of drug-likeness (QED) is 0.914. The smallest absolute Gasteiger partial charge is 0.329 e. The van der Waals surface area contributed by atoms with E-state index in [9.17, 15) is 15.2 Å². The summed E-state index contributed by atoms with van der Waals surface area (Å²) in [4.78, 5) is 13.8. The van der Waals surface area contributed by atoms with Crippen molar-refractivity contribution in [1.29, 1.82) is 5.26 Å². The van der Waals surface area contributed by atoms with Crippen LogP contribution in [0.3, 0.4) is 0 Å². The molecule has 1 unspecified atom stereocenters. The van der Waals surface area contributed by atoms with E-state index in [0.29, 0.717) is 24.9 Å². The van der Waals surface area contributed by atoms with Crippen molar-refractivity contribution in [2.75, 3.05) is 11.4 Å². The third kappa shape index (κ3) is 2.24. The molecule has 106 valence electrons. The number of anilines is 1. The summed E-state index contributed by atoms with van der Waals surface area (Å²) < 4.78 is 0. The van der Waals surface area contributed by atoms with Crippen molar-refractivity contribution in [3.63, 3.8) is 0 Å². The van der Waals surface area contributed by atoms with Gasteiger partial charge in [-0.1, -0.05) is 19.4 Å². The van der Waals surface area contributed by atoms with Crippen molar-refractivity contribution in [2.24, 2.45) is 0 Å². The van der Waals surface area contributed by atoms with E-state index in [1.807, 2.05) is 30.9 Å². The molecule has 1 aromatic carbocycles. The van der Waals surface area contributed by atoms with Gasteiger partial charge in [0.1, 0.15) is 11.6 Å². The predicted molar refractivity (Wildman–Crippen MR) is 77.7 cm³/mol. The number of aryl methyl sites for hydroxylation is 1. The lowest BCUT2D eigenvalue weighted by Gasteiger charge is -2.37. The molecule has 0 amide bonds. The van der Waals surface area contributed by atoms with Gasteiger partial charge in [0, 0.05) is 6.54 Å². The van der Waals surface area contributed by atoms with E-state index in [-0.39, 0.29) is 0 Å². The van der Waals surface area contributed by atoms with Crippen LogP contribution in [-0.4, -0.2) is 23.2 Å². The molecular formula is C16H20N2O2. The van der Waals surface area contributed by atoms with E-state index in [1.165, 1.54) is 0 Å². The summed E-state index contributed by atoms with van der Waals surface area (Å²) in [6, 6.07) is 7.78. The Labute approximate surface area is 119 Å². The van der Waals surface area contributed by atoms with Gasteiger partial charge in [0.05, 0.1) is 11.3 Å². The molecule has 1 heterocycles. The molecule has 2 rings (SSSR count). The summed E-state index contributed by atoms with van der Waals surface area (Å²) in [5, 5.41) is 19.0.